The van der Waals surface area contributed by atoms with Gasteiger partial charge >= 0.3 is 0 Å². The molecule has 2 atom stereocenters. The van der Waals surface area contributed by atoms with Gasteiger partial charge in [-0.1, -0.05) is 46.1 Å². The number of carbonyl (C=O) groups excluding carboxylic acids is 2. The van der Waals surface area contributed by atoms with Crippen LogP contribution >= 0.6 is 0 Å². The maximum absolute atomic E-state index is 14.6. The summed E-state index contributed by atoms with van der Waals surface area (Å²) >= 11 is 0. The van der Waals surface area contributed by atoms with Crippen LogP contribution < -0.4 is 9.46 Å². The molecule has 0 unspecified atom stereocenters. The molecule has 12 heteroatoms. The molecule has 11 nitrogen and oxygen atoms in total. The normalized spacial score (nSPS) is 20.2. The van der Waals surface area contributed by atoms with Gasteiger partial charge in [0.2, 0.25) is 10.0 Å². The first-order valence-electron chi connectivity index (χ1n) is 20.1. The summed E-state index contributed by atoms with van der Waals surface area (Å²) in [6.45, 7) is 13.0. The molecule has 0 radical (unpaired) electrons. The number of rotatable bonds is 10. The number of hydrogen-bond donors (Lipinski definition) is 1. The molecule has 8 rings (SSSR count). The maximum Gasteiger partial charge on any atom is 0.264 e. The van der Waals surface area contributed by atoms with Gasteiger partial charge in [-0.15, -0.1) is 0 Å². The molecule has 2 aromatic heterocycles. The van der Waals surface area contributed by atoms with Crippen LogP contribution in [-0.2, 0) is 16.6 Å². The van der Waals surface area contributed by atoms with Crippen molar-refractivity contribution in [1.82, 2.24) is 28.9 Å². The standard InChI is InChI=1S/C43H54N6O5S/c1-7-46-23-33-20-32(46)24-47(33)43(51)37-21-44-49(27(4)5)40(37)31-17-30-18-34(54-6)14-16-35(30)41-39(28-11-9-8-10-12-28)36-15-13-29(19-38(36)48(41)22-31)42(50)45-55(52,53)25-26(2)3/h13-19,21,26-28,32-33H,7-12,20,22-25H2,1-6H3,(H,45,50)/t32-,33+/m0/s1. The fourth-order valence-corrected chi connectivity index (χ4v) is 11.1. The number of hydrogen-bond acceptors (Lipinski definition) is 7. The van der Waals surface area contributed by atoms with E-state index in [1.54, 1.807) is 19.4 Å². The molecule has 4 aliphatic rings. The van der Waals surface area contributed by atoms with E-state index in [1.165, 1.54) is 12.0 Å². The van der Waals surface area contributed by atoms with Gasteiger partial charge in [-0.05, 0) is 105 Å². The molecule has 5 heterocycles. The van der Waals surface area contributed by atoms with Gasteiger partial charge in [0.25, 0.3) is 11.8 Å². The van der Waals surface area contributed by atoms with Crippen molar-refractivity contribution < 1.29 is 22.7 Å². The first-order valence-corrected chi connectivity index (χ1v) is 21.7. The first kappa shape index (κ1) is 37.5. The zero-order valence-corrected chi connectivity index (χ0v) is 33.8. The van der Waals surface area contributed by atoms with Gasteiger partial charge in [-0.3, -0.25) is 19.2 Å². The lowest BCUT2D eigenvalue weighted by molar-refractivity contribution is 0.0630. The molecule has 2 bridgehead atoms. The fraction of sp³-hybridized carbons (Fsp3) is 0.512. The van der Waals surface area contributed by atoms with Crippen molar-refractivity contribution in [2.24, 2.45) is 5.92 Å². The lowest BCUT2D eigenvalue weighted by Gasteiger charge is -2.33. The summed E-state index contributed by atoms with van der Waals surface area (Å²) in [7, 11) is -2.14. The number of allylic oxidation sites excluding steroid dienone is 1. The number of benzene rings is 2. The quantitative estimate of drug-likeness (QED) is 0.180. The van der Waals surface area contributed by atoms with Crippen LogP contribution in [0.3, 0.4) is 0 Å². The second kappa shape index (κ2) is 14.6. The number of carbonyl (C=O) groups is 2. The molecule has 2 amide bonds. The second-order valence-electron chi connectivity index (χ2n) is 16.7. The monoisotopic (exact) mass is 766 g/mol. The minimum atomic E-state index is -3.82. The van der Waals surface area contributed by atoms with Gasteiger partial charge in [0.1, 0.15) is 5.75 Å². The van der Waals surface area contributed by atoms with Crippen molar-refractivity contribution in [3.63, 3.8) is 0 Å². The summed E-state index contributed by atoms with van der Waals surface area (Å²) in [5.41, 5.74) is 7.87. The van der Waals surface area contributed by atoms with E-state index in [1.807, 2.05) is 36.7 Å². The zero-order valence-electron chi connectivity index (χ0n) is 33.0. The van der Waals surface area contributed by atoms with Gasteiger partial charge in [0.15, 0.2) is 0 Å². The molecule has 3 fully saturated rings. The topological polar surface area (TPSA) is 119 Å². The molecule has 2 aromatic carbocycles. The van der Waals surface area contributed by atoms with E-state index in [0.29, 0.717) is 24.1 Å². The minimum Gasteiger partial charge on any atom is -0.497 e. The predicted octanol–water partition coefficient (Wildman–Crippen LogP) is 7.33. The number of methoxy groups -OCH3 is 1. The van der Waals surface area contributed by atoms with Crippen LogP contribution in [0.1, 0.15) is 123 Å². The Balaban J connectivity index is 1.31. The third-order valence-electron chi connectivity index (χ3n) is 12.2. The summed E-state index contributed by atoms with van der Waals surface area (Å²) < 4.78 is 38.1. The molecular weight excluding hydrogens is 713 g/mol. The smallest absolute Gasteiger partial charge is 0.264 e. The number of sulfonamides is 1. The largest absolute Gasteiger partial charge is 0.497 e. The molecular formula is C43H54N6O5S. The Morgan fingerprint density at radius 3 is 2.44 bits per heavy atom. The number of nitrogens with zero attached hydrogens (tertiary/aromatic N) is 5. The molecule has 1 N–H and O–H groups in total. The van der Waals surface area contributed by atoms with E-state index in [4.69, 9.17) is 9.84 Å². The van der Waals surface area contributed by atoms with Crippen LogP contribution in [0.4, 0.5) is 0 Å². The third-order valence-corrected chi connectivity index (χ3v) is 13.8. The van der Waals surface area contributed by atoms with E-state index in [9.17, 15) is 18.0 Å². The summed E-state index contributed by atoms with van der Waals surface area (Å²) in [6, 6.07) is 12.4. The summed E-state index contributed by atoms with van der Waals surface area (Å²) in [5, 5.41) is 5.92. The average molecular weight is 767 g/mol. The number of ether oxygens (including phenoxy) is 1. The number of aromatic nitrogens is 3. The van der Waals surface area contributed by atoms with E-state index in [-0.39, 0.29) is 35.2 Å². The number of likely N-dealkylation sites (tertiary alicyclic amines) is 2. The lowest BCUT2D eigenvalue weighted by atomic mass is 9.81. The van der Waals surface area contributed by atoms with Gasteiger partial charge in [0, 0.05) is 53.2 Å². The van der Waals surface area contributed by atoms with Crippen LogP contribution in [0.5, 0.6) is 5.75 Å². The van der Waals surface area contributed by atoms with Crippen molar-refractivity contribution in [2.45, 2.75) is 104 Å². The SMILES string of the molecule is CCN1C[C@H]2C[C@H]1CN2C(=O)c1cnn(C(C)C)c1C1=Cc2cc(OC)ccc2-c2c(C3CCCCC3)c3ccc(C(=O)NS(=O)(=O)CC(C)C)cc3n2C1. The molecule has 0 spiro atoms. The van der Waals surface area contributed by atoms with Crippen LogP contribution in [0.25, 0.3) is 33.8 Å². The molecule has 3 aliphatic heterocycles. The Kier molecular flexibility index (Phi) is 9.94. The molecule has 1 aliphatic carbocycles. The van der Waals surface area contributed by atoms with Crippen LogP contribution in [-0.4, -0.2) is 89.0 Å². The summed E-state index contributed by atoms with van der Waals surface area (Å²) in [5.74, 6) is 0.173. The van der Waals surface area contributed by atoms with Gasteiger partial charge in [-0.2, -0.15) is 5.10 Å². The highest BCUT2D eigenvalue weighted by atomic mass is 32.2. The number of piperazine rings is 1. The Hall–Kier alpha value is -4.42. The van der Waals surface area contributed by atoms with Crippen molar-refractivity contribution in [3.05, 3.63) is 70.5 Å². The molecule has 4 aromatic rings. The highest BCUT2D eigenvalue weighted by Gasteiger charge is 2.45. The van der Waals surface area contributed by atoms with Crippen LogP contribution in [0.15, 0.2) is 42.6 Å². The maximum atomic E-state index is 14.6. The number of nitrogens with one attached hydrogen (secondary N) is 1. The Bertz CT molecular complexity index is 2300. The highest BCUT2D eigenvalue weighted by Crippen LogP contribution is 2.48. The first-order chi connectivity index (χ1) is 26.4. The van der Waals surface area contributed by atoms with Gasteiger partial charge < -0.3 is 14.2 Å². The van der Waals surface area contributed by atoms with Crippen molar-refractivity contribution in [1.29, 1.82) is 0 Å². The molecule has 1 saturated carbocycles. The van der Waals surface area contributed by atoms with E-state index < -0.39 is 15.9 Å². The van der Waals surface area contributed by atoms with Gasteiger partial charge in [-0.25, -0.2) is 13.1 Å². The Morgan fingerprint density at radius 2 is 1.76 bits per heavy atom. The Morgan fingerprint density at radius 1 is 0.982 bits per heavy atom. The lowest BCUT2D eigenvalue weighted by Crippen LogP contribution is -2.48. The van der Waals surface area contributed by atoms with E-state index in [2.05, 4.69) is 58.1 Å². The second-order valence-corrected chi connectivity index (χ2v) is 18.4. The minimum absolute atomic E-state index is 0.0159. The van der Waals surface area contributed by atoms with Crippen LogP contribution in [0.2, 0.25) is 0 Å². The third kappa shape index (κ3) is 6.79. The van der Waals surface area contributed by atoms with Crippen LogP contribution in [0, 0.1) is 5.92 Å². The summed E-state index contributed by atoms with van der Waals surface area (Å²) in [4.78, 5) is 32.8. The van der Waals surface area contributed by atoms with E-state index in [0.717, 1.165) is 96.5 Å². The molecule has 292 valence electrons. The molecule has 2 saturated heterocycles. The number of fused-ring (bicyclic) bond motifs is 7. The average Bonchev–Trinajstić information content (AvgIpc) is 3.93. The number of likely N-dealkylation sites (N-methyl/N-ethyl adjacent to an activating group) is 1. The van der Waals surface area contributed by atoms with Gasteiger partial charge in [0.05, 0.1) is 42.6 Å². The predicted molar refractivity (Wildman–Crippen MR) is 217 cm³/mol. The highest BCUT2D eigenvalue weighted by molar-refractivity contribution is 7.90. The Labute approximate surface area is 324 Å². The molecule has 55 heavy (non-hydrogen) atoms. The fourth-order valence-electron chi connectivity index (χ4n) is 9.78. The van der Waals surface area contributed by atoms with Crippen molar-refractivity contribution in [2.75, 3.05) is 32.5 Å². The van der Waals surface area contributed by atoms with Crippen molar-refractivity contribution >= 4 is 44.4 Å². The van der Waals surface area contributed by atoms with E-state index >= 15 is 0 Å². The zero-order chi connectivity index (χ0) is 38.8. The summed E-state index contributed by atoms with van der Waals surface area (Å²) in [6.07, 6.45) is 10.6. The van der Waals surface area contributed by atoms with Crippen molar-refractivity contribution in [3.8, 4) is 17.0 Å². The number of amides is 2.